The number of nitrogens with zero attached hydrogens (tertiary/aromatic N) is 1. The van der Waals surface area contributed by atoms with Crippen LogP contribution in [0.2, 0.25) is 0 Å². The Kier molecular flexibility index (Phi) is 2.19. The predicted octanol–water partition coefficient (Wildman–Crippen LogP) is 2.64. The molecular formula is C12H12N2. The Bertz CT molecular complexity index is 450. The van der Waals surface area contributed by atoms with Crippen LogP contribution in [0.5, 0.6) is 0 Å². The van der Waals surface area contributed by atoms with Gasteiger partial charge in [-0.3, -0.25) is 4.98 Å². The first-order valence-corrected chi connectivity index (χ1v) is 4.54. The molecule has 14 heavy (non-hydrogen) atoms. The zero-order valence-electron chi connectivity index (χ0n) is 8.07. The number of nitrogens with two attached hydrogens (primary N) is 1. The van der Waals surface area contributed by atoms with Crippen molar-refractivity contribution in [1.29, 1.82) is 0 Å². The van der Waals surface area contributed by atoms with Crippen molar-refractivity contribution in [3.8, 4) is 11.1 Å². The minimum absolute atomic E-state index is 0.720. The van der Waals surface area contributed by atoms with Crippen molar-refractivity contribution in [2.75, 3.05) is 5.73 Å². The number of hydrogen-bond acceptors (Lipinski definition) is 2. The zero-order valence-corrected chi connectivity index (χ0v) is 8.07. The third kappa shape index (κ3) is 1.59. The first kappa shape index (κ1) is 8.75. The standard InChI is InChI=1S/C12H12N2/c1-9-3-2-4-10(7-9)11-5-6-14-8-12(11)13/h2-8H,13H2,1H3. The van der Waals surface area contributed by atoms with E-state index in [0.717, 1.165) is 16.8 Å². The van der Waals surface area contributed by atoms with Gasteiger partial charge in [-0.05, 0) is 18.6 Å². The zero-order chi connectivity index (χ0) is 9.97. The van der Waals surface area contributed by atoms with Crippen LogP contribution in [-0.4, -0.2) is 4.98 Å². The second-order valence-electron chi connectivity index (χ2n) is 3.33. The molecule has 0 fully saturated rings. The first-order chi connectivity index (χ1) is 6.77. The van der Waals surface area contributed by atoms with Gasteiger partial charge in [-0.25, -0.2) is 0 Å². The number of pyridine rings is 1. The summed E-state index contributed by atoms with van der Waals surface area (Å²) >= 11 is 0. The van der Waals surface area contributed by atoms with Crippen LogP contribution >= 0.6 is 0 Å². The highest BCUT2D eigenvalue weighted by Crippen LogP contribution is 2.24. The Morgan fingerprint density at radius 2 is 2.07 bits per heavy atom. The fourth-order valence-corrected chi connectivity index (χ4v) is 1.48. The highest BCUT2D eigenvalue weighted by atomic mass is 14.7. The molecule has 0 saturated heterocycles. The lowest BCUT2D eigenvalue weighted by Crippen LogP contribution is -1.90. The van der Waals surface area contributed by atoms with E-state index < -0.39 is 0 Å². The Morgan fingerprint density at radius 3 is 2.79 bits per heavy atom. The fourth-order valence-electron chi connectivity index (χ4n) is 1.48. The van der Waals surface area contributed by atoms with Crippen LogP contribution in [-0.2, 0) is 0 Å². The predicted molar refractivity (Wildman–Crippen MR) is 58.8 cm³/mol. The van der Waals surface area contributed by atoms with Gasteiger partial charge in [0.25, 0.3) is 0 Å². The van der Waals surface area contributed by atoms with Gasteiger partial charge in [-0.1, -0.05) is 29.8 Å². The van der Waals surface area contributed by atoms with E-state index in [1.807, 2.05) is 12.1 Å². The Labute approximate surface area is 83.4 Å². The molecule has 1 aromatic carbocycles. The maximum Gasteiger partial charge on any atom is 0.0580 e. The Morgan fingerprint density at radius 1 is 1.21 bits per heavy atom. The van der Waals surface area contributed by atoms with E-state index >= 15 is 0 Å². The molecule has 0 aliphatic carbocycles. The van der Waals surface area contributed by atoms with Gasteiger partial charge in [0.05, 0.1) is 11.9 Å². The van der Waals surface area contributed by atoms with Crippen LogP contribution < -0.4 is 5.73 Å². The molecule has 70 valence electrons. The largest absolute Gasteiger partial charge is 0.397 e. The Hall–Kier alpha value is -1.83. The van der Waals surface area contributed by atoms with Crippen molar-refractivity contribution >= 4 is 5.69 Å². The number of aryl methyl sites for hydroxylation is 1. The van der Waals surface area contributed by atoms with Crippen molar-refractivity contribution in [2.24, 2.45) is 0 Å². The molecule has 0 radical (unpaired) electrons. The second-order valence-corrected chi connectivity index (χ2v) is 3.33. The van der Waals surface area contributed by atoms with Gasteiger partial charge in [0.15, 0.2) is 0 Å². The van der Waals surface area contributed by atoms with Crippen LogP contribution in [0.15, 0.2) is 42.7 Å². The molecule has 2 rings (SSSR count). The molecule has 2 heteroatoms. The maximum absolute atomic E-state index is 5.84. The molecule has 2 N–H and O–H groups in total. The lowest BCUT2D eigenvalue weighted by molar-refractivity contribution is 1.33. The SMILES string of the molecule is Cc1cccc(-c2ccncc2N)c1. The van der Waals surface area contributed by atoms with E-state index in [-0.39, 0.29) is 0 Å². The number of rotatable bonds is 1. The minimum Gasteiger partial charge on any atom is -0.397 e. The summed E-state index contributed by atoms with van der Waals surface area (Å²) in [6, 6.07) is 10.2. The van der Waals surface area contributed by atoms with Crippen molar-refractivity contribution < 1.29 is 0 Å². The van der Waals surface area contributed by atoms with Crippen molar-refractivity contribution in [3.05, 3.63) is 48.3 Å². The molecule has 0 aliphatic heterocycles. The van der Waals surface area contributed by atoms with Crippen LogP contribution in [0.4, 0.5) is 5.69 Å². The molecule has 0 aliphatic rings. The van der Waals surface area contributed by atoms with Gasteiger partial charge >= 0.3 is 0 Å². The summed E-state index contributed by atoms with van der Waals surface area (Å²) in [5, 5.41) is 0. The number of aromatic nitrogens is 1. The molecule has 0 saturated carbocycles. The summed E-state index contributed by atoms with van der Waals surface area (Å²) in [6.45, 7) is 2.07. The van der Waals surface area contributed by atoms with E-state index in [1.54, 1.807) is 12.4 Å². The summed E-state index contributed by atoms with van der Waals surface area (Å²) in [7, 11) is 0. The van der Waals surface area contributed by atoms with Crippen LogP contribution in [0.1, 0.15) is 5.56 Å². The molecule has 0 atom stereocenters. The van der Waals surface area contributed by atoms with Crippen molar-refractivity contribution in [1.82, 2.24) is 4.98 Å². The van der Waals surface area contributed by atoms with Gasteiger partial charge in [0.2, 0.25) is 0 Å². The topological polar surface area (TPSA) is 38.9 Å². The molecule has 0 bridgehead atoms. The third-order valence-corrected chi connectivity index (χ3v) is 2.18. The summed E-state index contributed by atoms with van der Waals surface area (Å²) in [4.78, 5) is 3.97. The molecule has 1 aromatic heterocycles. The minimum atomic E-state index is 0.720. The quantitative estimate of drug-likeness (QED) is 0.740. The van der Waals surface area contributed by atoms with Crippen LogP contribution in [0.25, 0.3) is 11.1 Å². The summed E-state index contributed by atoms with van der Waals surface area (Å²) in [6.07, 6.45) is 3.44. The first-order valence-electron chi connectivity index (χ1n) is 4.54. The monoisotopic (exact) mass is 184 g/mol. The second kappa shape index (κ2) is 3.50. The van der Waals surface area contributed by atoms with Crippen molar-refractivity contribution in [3.63, 3.8) is 0 Å². The molecular weight excluding hydrogens is 172 g/mol. The number of nitrogen functional groups attached to an aromatic ring is 1. The molecule has 0 spiro atoms. The highest BCUT2D eigenvalue weighted by Gasteiger charge is 2.00. The summed E-state index contributed by atoms with van der Waals surface area (Å²) in [5.74, 6) is 0. The lowest BCUT2D eigenvalue weighted by atomic mass is 10.0. The van der Waals surface area contributed by atoms with E-state index in [4.69, 9.17) is 5.73 Å². The van der Waals surface area contributed by atoms with E-state index in [2.05, 4.69) is 30.1 Å². The van der Waals surface area contributed by atoms with Gasteiger partial charge < -0.3 is 5.73 Å². The number of anilines is 1. The van der Waals surface area contributed by atoms with E-state index in [1.165, 1.54) is 5.56 Å². The lowest BCUT2D eigenvalue weighted by Gasteiger charge is -2.05. The number of benzene rings is 1. The van der Waals surface area contributed by atoms with Gasteiger partial charge in [-0.15, -0.1) is 0 Å². The van der Waals surface area contributed by atoms with Crippen molar-refractivity contribution in [2.45, 2.75) is 6.92 Å². The molecule has 2 aromatic rings. The molecule has 0 unspecified atom stereocenters. The Balaban J connectivity index is 2.55. The average Bonchev–Trinajstić information content (AvgIpc) is 2.18. The van der Waals surface area contributed by atoms with Gasteiger partial charge in [0.1, 0.15) is 0 Å². The smallest absolute Gasteiger partial charge is 0.0580 e. The molecule has 1 heterocycles. The van der Waals surface area contributed by atoms with Crippen LogP contribution in [0.3, 0.4) is 0 Å². The molecule has 0 amide bonds. The third-order valence-electron chi connectivity index (χ3n) is 2.18. The van der Waals surface area contributed by atoms with Crippen LogP contribution in [0, 0.1) is 6.92 Å². The summed E-state index contributed by atoms with van der Waals surface area (Å²) in [5.41, 5.74) is 9.98. The highest BCUT2D eigenvalue weighted by molar-refractivity contribution is 5.75. The molecule has 2 nitrogen and oxygen atoms in total. The van der Waals surface area contributed by atoms with E-state index in [9.17, 15) is 0 Å². The van der Waals surface area contributed by atoms with E-state index in [0.29, 0.717) is 0 Å². The normalized spacial score (nSPS) is 10.1. The maximum atomic E-state index is 5.84. The van der Waals surface area contributed by atoms with Gasteiger partial charge in [0, 0.05) is 11.8 Å². The van der Waals surface area contributed by atoms with Gasteiger partial charge in [-0.2, -0.15) is 0 Å². The fraction of sp³-hybridized carbons (Fsp3) is 0.0833. The summed E-state index contributed by atoms with van der Waals surface area (Å²) < 4.78 is 0. The number of hydrogen-bond donors (Lipinski definition) is 1. The average molecular weight is 184 g/mol.